The van der Waals surface area contributed by atoms with Crippen LogP contribution >= 0.6 is 23.2 Å². The lowest BCUT2D eigenvalue weighted by atomic mass is 10.0. The summed E-state index contributed by atoms with van der Waals surface area (Å²) in [6, 6.07) is 10.9. The maximum absolute atomic E-state index is 11.9. The molecule has 2 aromatic carbocycles. The van der Waals surface area contributed by atoms with Gasteiger partial charge in [0.05, 0.1) is 11.9 Å². The molecule has 2 heterocycles. The fraction of sp³-hybridized carbons (Fsp3) is 0.0526. The molecule has 0 aliphatic carbocycles. The van der Waals surface area contributed by atoms with E-state index in [2.05, 4.69) is 15.1 Å². The van der Waals surface area contributed by atoms with Gasteiger partial charge in [-0.3, -0.25) is 9.78 Å². The van der Waals surface area contributed by atoms with E-state index in [1.807, 2.05) is 24.3 Å². The summed E-state index contributed by atoms with van der Waals surface area (Å²) in [7, 11) is 0. The molecule has 0 atom stereocenters. The Hall–Kier alpha value is -3.16. The van der Waals surface area contributed by atoms with E-state index in [1.54, 1.807) is 18.3 Å². The van der Waals surface area contributed by atoms with Crippen molar-refractivity contribution in [3.8, 4) is 17.0 Å². The summed E-state index contributed by atoms with van der Waals surface area (Å²) in [5.74, 6) is 0.686. The molecule has 0 amide bonds. The number of aromatic nitrogens is 4. The summed E-state index contributed by atoms with van der Waals surface area (Å²) in [6.45, 7) is 0. The summed E-state index contributed by atoms with van der Waals surface area (Å²) in [4.78, 5) is 29.1. The van der Waals surface area contributed by atoms with E-state index in [1.165, 1.54) is 6.39 Å². The van der Waals surface area contributed by atoms with Crippen LogP contribution in [0.5, 0.6) is 0 Å². The van der Waals surface area contributed by atoms with Gasteiger partial charge >= 0.3 is 5.69 Å². The van der Waals surface area contributed by atoms with E-state index >= 15 is 0 Å². The smallest absolute Gasteiger partial charge is 0.349 e. The molecule has 0 fully saturated rings. The first kappa shape index (κ1) is 18.2. The van der Waals surface area contributed by atoms with Crippen LogP contribution < -0.4 is 11.2 Å². The van der Waals surface area contributed by atoms with Crippen LogP contribution in [-0.2, 0) is 6.42 Å². The van der Waals surface area contributed by atoms with Crippen molar-refractivity contribution in [2.45, 2.75) is 6.42 Å². The lowest BCUT2D eigenvalue weighted by Gasteiger charge is -2.11. The summed E-state index contributed by atoms with van der Waals surface area (Å²) < 4.78 is 6.30. The quantitative estimate of drug-likeness (QED) is 0.551. The Morgan fingerprint density at radius 1 is 1.04 bits per heavy atom. The van der Waals surface area contributed by atoms with Gasteiger partial charge in [0.2, 0.25) is 0 Å². The van der Waals surface area contributed by atoms with Crippen LogP contribution in [0.1, 0.15) is 11.1 Å². The highest BCUT2D eigenvalue weighted by atomic mass is 35.5. The van der Waals surface area contributed by atoms with Gasteiger partial charge in [0, 0.05) is 22.0 Å². The molecule has 0 aliphatic rings. The first-order chi connectivity index (χ1) is 13.5. The largest absolute Gasteiger partial charge is 0.444 e. The normalized spacial score (nSPS) is 10.9. The molecule has 0 saturated carbocycles. The molecule has 0 radical (unpaired) electrons. The van der Waals surface area contributed by atoms with Crippen molar-refractivity contribution in [3.05, 3.63) is 97.2 Å². The van der Waals surface area contributed by atoms with Gasteiger partial charge in [0.25, 0.3) is 5.56 Å². The highest BCUT2D eigenvalue weighted by Crippen LogP contribution is 2.30. The van der Waals surface area contributed by atoms with Crippen LogP contribution in [0.2, 0.25) is 10.0 Å². The Balaban J connectivity index is 1.64. The Morgan fingerprint density at radius 3 is 2.36 bits per heavy atom. The van der Waals surface area contributed by atoms with Crippen molar-refractivity contribution in [1.82, 2.24) is 19.7 Å². The standard InChI is InChI=1S/C19H12Cl2N4O3/c20-15-6-13(25-19(27)24-18(26)9-23-25)7-16(21)14(15)5-11-1-3-12(4-2-11)17-8-22-10-28-17/h1-4,6-10H,5H2,(H,24,26,27). The number of rotatable bonds is 4. The van der Waals surface area contributed by atoms with Gasteiger partial charge in [-0.1, -0.05) is 47.5 Å². The van der Waals surface area contributed by atoms with Crippen LogP contribution in [0, 0.1) is 0 Å². The van der Waals surface area contributed by atoms with E-state index in [9.17, 15) is 9.59 Å². The molecule has 0 saturated heterocycles. The molecular formula is C19H12Cl2N4O3. The van der Waals surface area contributed by atoms with E-state index in [0.717, 1.165) is 27.6 Å². The van der Waals surface area contributed by atoms with E-state index in [0.29, 0.717) is 27.9 Å². The zero-order chi connectivity index (χ0) is 19.7. The lowest BCUT2D eigenvalue weighted by molar-refractivity contribution is 0.572. The predicted octanol–water partition coefficient (Wildman–Crippen LogP) is 3.47. The number of aromatic amines is 1. The van der Waals surface area contributed by atoms with Gasteiger partial charge in [0.1, 0.15) is 6.20 Å². The average Bonchev–Trinajstić information content (AvgIpc) is 3.20. The molecule has 0 aliphatic heterocycles. The molecule has 7 nitrogen and oxygen atoms in total. The van der Waals surface area contributed by atoms with Crippen molar-refractivity contribution in [2.24, 2.45) is 0 Å². The SMILES string of the molecule is O=c1cnn(-c2cc(Cl)c(Cc3ccc(-c4cnco4)cc3)c(Cl)c2)c(=O)[nH]1. The van der Waals surface area contributed by atoms with Crippen molar-refractivity contribution in [1.29, 1.82) is 0 Å². The maximum Gasteiger partial charge on any atom is 0.349 e. The Bertz CT molecular complexity index is 1220. The Kier molecular flexibility index (Phi) is 4.85. The van der Waals surface area contributed by atoms with Gasteiger partial charge in [-0.15, -0.1) is 0 Å². The molecular weight excluding hydrogens is 403 g/mol. The van der Waals surface area contributed by atoms with E-state index < -0.39 is 11.2 Å². The second-order valence-electron chi connectivity index (χ2n) is 5.98. The van der Waals surface area contributed by atoms with Gasteiger partial charge < -0.3 is 4.42 Å². The van der Waals surface area contributed by atoms with E-state index in [4.69, 9.17) is 27.6 Å². The summed E-state index contributed by atoms with van der Waals surface area (Å²) >= 11 is 12.8. The molecule has 0 spiro atoms. The van der Waals surface area contributed by atoms with Crippen LogP contribution in [0.25, 0.3) is 17.0 Å². The number of hydrogen-bond donors (Lipinski definition) is 1. The minimum atomic E-state index is -0.671. The zero-order valence-corrected chi connectivity index (χ0v) is 15.7. The summed E-state index contributed by atoms with van der Waals surface area (Å²) in [5, 5.41) is 4.59. The van der Waals surface area contributed by atoms with Gasteiger partial charge in [0.15, 0.2) is 12.2 Å². The Labute approximate surface area is 168 Å². The number of hydrogen-bond acceptors (Lipinski definition) is 5. The van der Waals surface area contributed by atoms with Gasteiger partial charge in [-0.05, 0) is 23.3 Å². The number of oxazole rings is 1. The second-order valence-corrected chi connectivity index (χ2v) is 6.79. The fourth-order valence-electron chi connectivity index (χ4n) is 2.77. The van der Waals surface area contributed by atoms with E-state index in [-0.39, 0.29) is 0 Å². The number of nitrogens with one attached hydrogen (secondary N) is 1. The van der Waals surface area contributed by atoms with Crippen molar-refractivity contribution in [2.75, 3.05) is 0 Å². The molecule has 2 aromatic heterocycles. The fourth-order valence-corrected chi connectivity index (χ4v) is 3.38. The lowest BCUT2D eigenvalue weighted by Crippen LogP contribution is -2.30. The predicted molar refractivity (Wildman–Crippen MR) is 105 cm³/mol. The van der Waals surface area contributed by atoms with Crippen LogP contribution in [0.4, 0.5) is 0 Å². The summed E-state index contributed by atoms with van der Waals surface area (Å²) in [6.07, 6.45) is 4.54. The number of H-pyrrole nitrogens is 1. The summed E-state index contributed by atoms with van der Waals surface area (Å²) in [5.41, 5.74) is 1.74. The molecule has 1 N–H and O–H groups in total. The van der Waals surface area contributed by atoms with Gasteiger partial charge in [-0.2, -0.15) is 9.78 Å². The number of halogens is 2. The molecule has 0 unspecified atom stereocenters. The Morgan fingerprint density at radius 2 is 1.75 bits per heavy atom. The van der Waals surface area contributed by atoms with Gasteiger partial charge in [-0.25, -0.2) is 9.78 Å². The monoisotopic (exact) mass is 414 g/mol. The zero-order valence-electron chi connectivity index (χ0n) is 14.2. The van der Waals surface area contributed by atoms with Crippen molar-refractivity contribution in [3.63, 3.8) is 0 Å². The number of nitrogens with zero attached hydrogens (tertiary/aromatic N) is 3. The van der Waals surface area contributed by atoms with Crippen molar-refractivity contribution >= 4 is 23.2 Å². The topological polar surface area (TPSA) is 93.8 Å². The minimum absolute atomic E-state index is 0.362. The molecule has 4 rings (SSSR count). The molecule has 140 valence electrons. The maximum atomic E-state index is 11.9. The van der Waals surface area contributed by atoms with Crippen LogP contribution in [-0.4, -0.2) is 19.7 Å². The third-order valence-electron chi connectivity index (χ3n) is 4.14. The third kappa shape index (κ3) is 3.62. The molecule has 28 heavy (non-hydrogen) atoms. The number of benzene rings is 2. The van der Waals surface area contributed by atoms with Crippen LogP contribution in [0.3, 0.4) is 0 Å². The highest BCUT2D eigenvalue weighted by molar-refractivity contribution is 6.36. The highest BCUT2D eigenvalue weighted by Gasteiger charge is 2.12. The minimum Gasteiger partial charge on any atom is -0.444 e. The molecule has 4 aromatic rings. The van der Waals surface area contributed by atoms with Crippen LogP contribution in [0.15, 0.2) is 69.2 Å². The first-order valence-corrected chi connectivity index (χ1v) is 8.91. The molecule has 0 bridgehead atoms. The second kappa shape index (κ2) is 7.46. The first-order valence-electron chi connectivity index (χ1n) is 8.16. The van der Waals surface area contributed by atoms with Crippen molar-refractivity contribution < 1.29 is 4.42 Å². The average molecular weight is 415 g/mol. The molecule has 9 heteroatoms. The third-order valence-corrected chi connectivity index (χ3v) is 4.81.